The first-order valence-corrected chi connectivity index (χ1v) is 9.65. The van der Waals surface area contributed by atoms with Gasteiger partial charge in [-0.05, 0) is 42.0 Å². The Labute approximate surface area is 182 Å². The minimum atomic E-state index is -0.618. The molecule has 0 bridgehead atoms. The van der Waals surface area contributed by atoms with Gasteiger partial charge in [-0.1, -0.05) is 29.8 Å². The number of aromatic amines is 1. The Bertz CT molecular complexity index is 1180. The molecule has 0 aliphatic carbocycles. The van der Waals surface area contributed by atoms with E-state index in [1.165, 1.54) is 0 Å². The quantitative estimate of drug-likeness (QED) is 0.327. The molecule has 0 spiro atoms. The smallest absolute Gasteiger partial charge is 0.321 e. The third kappa shape index (κ3) is 5.09. The van der Waals surface area contributed by atoms with Gasteiger partial charge in [-0.25, -0.2) is 9.97 Å². The Morgan fingerprint density at radius 2 is 1.87 bits per heavy atom. The number of hydrogen-bond donors (Lipinski definition) is 4. The largest absolute Gasteiger partial charge is 0.424 e. The van der Waals surface area contributed by atoms with E-state index >= 15 is 0 Å². The summed E-state index contributed by atoms with van der Waals surface area (Å²) in [5, 5.41) is 13.7. The minimum absolute atomic E-state index is 0.223. The van der Waals surface area contributed by atoms with E-state index in [9.17, 15) is 4.79 Å². The molecule has 1 amide bonds. The Morgan fingerprint density at radius 3 is 2.58 bits per heavy atom. The maximum atomic E-state index is 12.0. The predicted molar refractivity (Wildman–Crippen MR) is 118 cm³/mol. The Morgan fingerprint density at radius 1 is 1.10 bits per heavy atom. The SMILES string of the molecule is NC(=O)c1c(NCc2ccc(Oc3ncccn3)cc2)n[nH]c1Nc1cccc(Cl)c1. The number of rotatable bonds is 8. The minimum Gasteiger partial charge on any atom is -0.424 e. The van der Waals surface area contributed by atoms with Crippen molar-refractivity contribution in [2.75, 3.05) is 10.6 Å². The highest BCUT2D eigenvalue weighted by Gasteiger charge is 2.18. The van der Waals surface area contributed by atoms with Gasteiger partial charge in [0.2, 0.25) is 0 Å². The lowest BCUT2D eigenvalue weighted by Crippen LogP contribution is -2.15. The molecular weight excluding hydrogens is 418 g/mol. The van der Waals surface area contributed by atoms with Gasteiger partial charge in [0, 0.05) is 29.6 Å². The van der Waals surface area contributed by atoms with Crippen molar-refractivity contribution >= 4 is 34.8 Å². The number of carbonyl (C=O) groups excluding carboxylic acids is 1. The molecule has 5 N–H and O–H groups in total. The Hall–Kier alpha value is -4.11. The topological polar surface area (TPSA) is 131 Å². The number of carbonyl (C=O) groups is 1. The summed E-state index contributed by atoms with van der Waals surface area (Å²) < 4.78 is 5.58. The molecule has 0 atom stereocenters. The molecule has 0 aliphatic heterocycles. The van der Waals surface area contributed by atoms with Crippen LogP contribution in [-0.4, -0.2) is 26.1 Å². The normalized spacial score (nSPS) is 10.5. The number of aromatic nitrogens is 4. The molecular formula is C21H18ClN7O2. The first-order valence-electron chi connectivity index (χ1n) is 9.27. The van der Waals surface area contributed by atoms with Gasteiger partial charge in [0.05, 0.1) is 0 Å². The molecule has 9 nitrogen and oxygen atoms in total. The number of nitrogens with one attached hydrogen (secondary N) is 3. The zero-order valence-corrected chi connectivity index (χ0v) is 16.9. The number of nitrogens with zero attached hydrogens (tertiary/aromatic N) is 3. The van der Waals surface area contributed by atoms with Crippen molar-refractivity contribution in [2.45, 2.75) is 6.54 Å². The molecule has 31 heavy (non-hydrogen) atoms. The summed E-state index contributed by atoms with van der Waals surface area (Å²) in [5.41, 5.74) is 7.44. The van der Waals surface area contributed by atoms with Gasteiger partial charge in [0.15, 0.2) is 5.82 Å². The van der Waals surface area contributed by atoms with Crippen LogP contribution in [0.25, 0.3) is 0 Å². The van der Waals surface area contributed by atoms with E-state index < -0.39 is 5.91 Å². The molecule has 4 aromatic rings. The second-order valence-electron chi connectivity index (χ2n) is 6.45. The number of H-pyrrole nitrogens is 1. The lowest BCUT2D eigenvalue weighted by Gasteiger charge is -2.08. The molecule has 10 heteroatoms. The molecule has 0 saturated carbocycles. The number of amides is 1. The van der Waals surface area contributed by atoms with Crippen LogP contribution in [0, 0.1) is 0 Å². The fourth-order valence-corrected chi connectivity index (χ4v) is 3.01. The van der Waals surface area contributed by atoms with Crippen molar-refractivity contribution in [1.82, 2.24) is 20.2 Å². The maximum Gasteiger partial charge on any atom is 0.321 e. The van der Waals surface area contributed by atoms with E-state index in [1.54, 1.807) is 48.8 Å². The van der Waals surface area contributed by atoms with Crippen molar-refractivity contribution < 1.29 is 9.53 Å². The first-order chi connectivity index (χ1) is 15.1. The van der Waals surface area contributed by atoms with E-state index in [1.807, 2.05) is 18.2 Å². The Balaban J connectivity index is 1.43. The van der Waals surface area contributed by atoms with Crippen molar-refractivity contribution in [2.24, 2.45) is 5.73 Å². The molecule has 0 unspecified atom stereocenters. The summed E-state index contributed by atoms with van der Waals surface area (Å²) in [7, 11) is 0. The van der Waals surface area contributed by atoms with E-state index in [2.05, 4.69) is 30.8 Å². The van der Waals surface area contributed by atoms with Gasteiger partial charge in [-0.15, -0.1) is 0 Å². The van der Waals surface area contributed by atoms with Crippen LogP contribution in [0.15, 0.2) is 67.0 Å². The lowest BCUT2D eigenvalue weighted by atomic mass is 10.2. The van der Waals surface area contributed by atoms with Crippen LogP contribution in [-0.2, 0) is 6.54 Å². The van der Waals surface area contributed by atoms with Crippen LogP contribution < -0.4 is 21.1 Å². The van der Waals surface area contributed by atoms with Gasteiger partial charge in [0.1, 0.15) is 17.1 Å². The van der Waals surface area contributed by atoms with E-state index in [4.69, 9.17) is 22.1 Å². The van der Waals surface area contributed by atoms with E-state index in [-0.39, 0.29) is 11.6 Å². The molecule has 0 fully saturated rings. The van der Waals surface area contributed by atoms with Crippen molar-refractivity contribution in [3.63, 3.8) is 0 Å². The van der Waals surface area contributed by atoms with Crippen LogP contribution in [0.2, 0.25) is 5.02 Å². The second-order valence-corrected chi connectivity index (χ2v) is 6.89. The third-order valence-electron chi connectivity index (χ3n) is 4.24. The van der Waals surface area contributed by atoms with Gasteiger partial charge in [-0.2, -0.15) is 5.10 Å². The summed E-state index contributed by atoms with van der Waals surface area (Å²) in [6, 6.07) is 16.5. The average molecular weight is 436 g/mol. The van der Waals surface area contributed by atoms with Crippen molar-refractivity contribution in [1.29, 1.82) is 0 Å². The number of anilines is 3. The molecule has 0 radical (unpaired) electrons. The van der Waals surface area contributed by atoms with Crippen LogP contribution in [0.1, 0.15) is 15.9 Å². The maximum absolute atomic E-state index is 12.0. The number of hydrogen-bond acceptors (Lipinski definition) is 7. The zero-order valence-electron chi connectivity index (χ0n) is 16.2. The number of primary amides is 1. The summed E-state index contributed by atoms with van der Waals surface area (Å²) in [4.78, 5) is 20.1. The fraction of sp³-hybridized carbons (Fsp3) is 0.0476. The van der Waals surface area contributed by atoms with Crippen LogP contribution in [0.3, 0.4) is 0 Å². The third-order valence-corrected chi connectivity index (χ3v) is 4.48. The van der Waals surface area contributed by atoms with Crippen molar-refractivity contribution in [3.8, 4) is 11.8 Å². The zero-order chi connectivity index (χ0) is 21.6. The highest BCUT2D eigenvalue weighted by atomic mass is 35.5. The van der Waals surface area contributed by atoms with E-state index in [0.717, 1.165) is 5.56 Å². The lowest BCUT2D eigenvalue weighted by molar-refractivity contribution is 0.100. The van der Waals surface area contributed by atoms with Gasteiger partial charge < -0.3 is 21.1 Å². The number of halogens is 1. The van der Waals surface area contributed by atoms with Gasteiger partial charge in [-0.3, -0.25) is 9.89 Å². The summed E-state index contributed by atoms with van der Waals surface area (Å²) in [5.74, 6) is 0.715. The number of ether oxygens (including phenoxy) is 1. The van der Waals surface area contributed by atoms with Crippen molar-refractivity contribution in [3.05, 3.63) is 83.1 Å². The molecule has 0 saturated heterocycles. The molecule has 2 aromatic heterocycles. The summed E-state index contributed by atoms with van der Waals surface area (Å²) in [6.45, 7) is 0.420. The van der Waals surface area contributed by atoms with Crippen LogP contribution in [0.4, 0.5) is 17.3 Å². The summed E-state index contributed by atoms with van der Waals surface area (Å²) >= 11 is 6.01. The van der Waals surface area contributed by atoms with Gasteiger partial charge >= 0.3 is 6.01 Å². The average Bonchev–Trinajstić information content (AvgIpc) is 3.17. The van der Waals surface area contributed by atoms with E-state index in [0.29, 0.717) is 34.6 Å². The second kappa shape index (κ2) is 9.14. The standard InChI is InChI=1S/C21H18ClN7O2/c22-14-3-1-4-15(11-14)27-20-17(18(23)30)19(28-29-20)26-12-13-5-7-16(8-6-13)31-21-24-9-2-10-25-21/h1-11H,12H2,(H2,23,30)(H3,26,27,28,29). The predicted octanol–water partition coefficient (Wildman–Crippen LogP) is 4.10. The fourth-order valence-electron chi connectivity index (χ4n) is 2.82. The molecule has 2 aromatic carbocycles. The molecule has 0 aliphatic rings. The van der Waals surface area contributed by atoms with Gasteiger partial charge in [0.25, 0.3) is 5.91 Å². The molecule has 4 rings (SSSR count). The Kier molecular flexibility index (Phi) is 5.95. The highest BCUT2D eigenvalue weighted by Crippen LogP contribution is 2.26. The highest BCUT2D eigenvalue weighted by molar-refractivity contribution is 6.30. The van der Waals surface area contributed by atoms with Crippen LogP contribution in [0.5, 0.6) is 11.8 Å². The van der Waals surface area contributed by atoms with Crippen LogP contribution >= 0.6 is 11.6 Å². The first kappa shape index (κ1) is 20.2. The number of benzene rings is 2. The number of nitrogens with two attached hydrogens (primary N) is 1. The molecule has 2 heterocycles. The summed E-state index contributed by atoms with van der Waals surface area (Å²) in [6.07, 6.45) is 3.21. The molecule has 156 valence electrons. The monoisotopic (exact) mass is 435 g/mol.